The molecule has 1 aromatic rings. The fraction of sp³-hybridized carbons (Fsp3) is 0.182. The lowest BCUT2D eigenvalue weighted by Gasteiger charge is -1.99. The quantitative estimate of drug-likeness (QED) is 0.424. The van der Waals surface area contributed by atoms with Gasteiger partial charge in [0.25, 0.3) is 0 Å². The van der Waals surface area contributed by atoms with Crippen LogP contribution in [0.3, 0.4) is 0 Å². The zero-order chi connectivity index (χ0) is 11.1. The van der Waals surface area contributed by atoms with E-state index in [4.69, 9.17) is 10.00 Å². The Labute approximate surface area is 87.8 Å². The van der Waals surface area contributed by atoms with E-state index in [1.807, 2.05) is 0 Å². The van der Waals surface area contributed by atoms with Gasteiger partial charge >= 0.3 is 5.97 Å². The maximum atomic E-state index is 11.3. The molecule has 1 aromatic heterocycles. The normalized spacial score (nSPS) is 10.5. The summed E-state index contributed by atoms with van der Waals surface area (Å²) in [7, 11) is 0. The predicted molar refractivity (Wildman–Crippen MR) is 54.5 cm³/mol. The number of carbonyl (C=O) groups excluding carboxylic acids is 1. The van der Waals surface area contributed by atoms with E-state index in [9.17, 15) is 4.79 Å². The van der Waals surface area contributed by atoms with Crippen molar-refractivity contribution < 1.29 is 9.53 Å². The van der Waals surface area contributed by atoms with Gasteiger partial charge in [0.15, 0.2) is 0 Å². The molecule has 0 atom stereocenters. The molecule has 0 saturated carbocycles. The van der Waals surface area contributed by atoms with Crippen molar-refractivity contribution in [3.8, 4) is 6.07 Å². The monoisotopic (exact) mass is 202 g/mol. The lowest BCUT2D eigenvalue weighted by Crippen LogP contribution is -2.05. The highest BCUT2D eigenvalue weighted by Gasteiger charge is 2.08. The molecule has 0 N–H and O–H groups in total. The van der Waals surface area contributed by atoms with E-state index < -0.39 is 5.97 Å². The van der Waals surface area contributed by atoms with E-state index in [-0.39, 0.29) is 12.2 Å². The van der Waals surface area contributed by atoms with Gasteiger partial charge in [-0.1, -0.05) is 0 Å². The van der Waals surface area contributed by atoms with Crippen LogP contribution in [-0.2, 0) is 9.53 Å². The van der Waals surface area contributed by atoms with Crippen molar-refractivity contribution in [3.05, 3.63) is 35.7 Å². The van der Waals surface area contributed by atoms with Crippen LogP contribution >= 0.6 is 0 Å². The fourth-order valence-electron chi connectivity index (χ4n) is 0.972. The van der Waals surface area contributed by atoms with Gasteiger partial charge in [0, 0.05) is 12.4 Å². The van der Waals surface area contributed by atoms with Crippen LogP contribution in [-0.4, -0.2) is 17.6 Å². The summed E-state index contributed by atoms with van der Waals surface area (Å²) in [6.45, 7) is 1.95. The first-order chi connectivity index (χ1) is 7.27. The molecular formula is C11H10N2O2. The molecule has 0 saturated heterocycles. The maximum absolute atomic E-state index is 11.3. The Bertz CT molecular complexity index is 404. The van der Waals surface area contributed by atoms with Crippen molar-refractivity contribution >= 4 is 12.0 Å². The Morgan fingerprint density at radius 3 is 2.80 bits per heavy atom. The zero-order valence-electron chi connectivity index (χ0n) is 8.30. The van der Waals surface area contributed by atoms with Gasteiger partial charge in [0.05, 0.1) is 6.61 Å². The van der Waals surface area contributed by atoms with Crippen LogP contribution in [0.15, 0.2) is 30.1 Å². The Hall–Kier alpha value is -2.15. The Morgan fingerprint density at radius 2 is 2.27 bits per heavy atom. The summed E-state index contributed by atoms with van der Waals surface area (Å²) in [6.07, 6.45) is 4.65. The van der Waals surface area contributed by atoms with Crippen molar-refractivity contribution in [1.29, 1.82) is 5.26 Å². The van der Waals surface area contributed by atoms with Crippen molar-refractivity contribution in [2.24, 2.45) is 0 Å². The van der Waals surface area contributed by atoms with Crippen molar-refractivity contribution in [2.45, 2.75) is 6.92 Å². The number of pyridine rings is 1. The number of nitriles is 1. The maximum Gasteiger partial charge on any atom is 0.348 e. The average Bonchev–Trinajstić information content (AvgIpc) is 2.27. The molecule has 4 nitrogen and oxygen atoms in total. The van der Waals surface area contributed by atoms with Crippen molar-refractivity contribution in [2.75, 3.05) is 6.61 Å². The lowest BCUT2D eigenvalue weighted by molar-refractivity contribution is -0.137. The molecule has 1 heterocycles. The molecule has 0 unspecified atom stereocenters. The van der Waals surface area contributed by atoms with Gasteiger partial charge in [-0.3, -0.25) is 4.98 Å². The van der Waals surface area contributed by atoms with Gasteiger partial charge in [-0.15, -0.1) is 0 Å². The molecule has 0 spiro atoms. The number of hydrogen-bond donors (Lipinski definition) is 0. The lowest BCUT2D eigenvalue weighted by atomic mass is 10.2. The highest BCUT2D eigenvalue weighted by atomic mass is 16.5. The summed E-state index contributed by atoms with van der Waals surface area (Å²) < 4.78 is 4.72. The highest BCUT2D eigenvalue weighted by Crippen LogP contribution is 2.06. The Morgan fingerprint density at radius 1 is 1.60 bits per heavy atom. The molecule has 0 aromatic carbocycles. The number of rotatable bonds is 3. The van der Waals surface area contributed by atoms with E-state index in [1.165, 1.54) is 6.08 Å². The molecule has 4 heteroatoms. The van der Waals surface area contributed by atoms with E-state index in [2.05, 4.69) is 4.98 Å². The second-order valence-corrected chi connectivity index (χ2v) is 2.67. The Kier molecular flexibility index (Phi) is 4.05. The van der Waals surface area contributed by atoms with Crippen LogP contribution in [0, 0.1) is 11.3 Å². The summed E-state index contributed by atoms with van der Waals surface area (Å²) in [6, 6.07) is 5.21. The number of hydrogen-bond acceptors (Lipinski definition) is 4. The van der Waals surface area contributed by atoms with Gasteiger partial charge in [-0.25, -0.2) is 4.79 Å². The third-order valence-electron chi connectivity index (χ3n) is 1.63. The van der Waals surface area contributed by atoms with Crippen LogP contribution in [0.5, 0.6) is 0 Å². The summed E-state index contributed by atoms with van der Waals surface area (Å²) in [4.78, 5) is 15.1. The molecule has 1 rings (SSSR count). The molecule has 0 aliphatic rings. The average molecular weight is 202 g/mol. The molecule has 15 heavy (non-hydrogen) atoms. The van der Waals surface area contributed by atoms with Crippen LogP contribution in [0.4, 0.5) is 0 Å². The smallest absolute Gasteiger partial charge is 0.348 e. The minimum atomic E-state index is -0.600. The van der Waals surface area contributed by atoms with Crippen LogP contribution in [0.1, 0.15) is 12.5 Å². The Balaban J connectivity index is 2.89. The molecule has 76 valence electrons. The molecular weight excluding hydrogens is 192 g/mol. The second kappa shape index (κ2) is 5.55. The van der Waals surface area contributed by atoms with Crippen molar-refractivity contribution in [1.82, 2.24) is 4.98 Å². The van der Waals surface area contributed by atoms with Crippen LogP contribution < -0.4 is 0 Å². The van der Waals surface area contributed by atoms with E-state index in [1.54, 1.807) is 37.5 Å². The molecule has 0 amide bonds. The summed E-state index contributed by atoms with van der Waals surface area (Å²) in [5, 5.41) is 8.75. The third kappa shape index (κ3) is 3.24. The van der Waals surface area contributed by atoms with Gasteiger partial charge in [0.2, 0.25) is 0 Å². The van der Waals surface area contributed by atoms with Gasteiger partial charge in [-0.05, 0) is 30.7 Å². The molecule has 0 aliphatic carbocycles. The minimum absolute atomic E-state index is 0.0111. The topological polar surface area (TPSA) is 63.0 Å². The summed E-state index contributed by atoms with van der Waals surface area (Å²) in [5.41, 5.74) is 0.734. The first kappa shape index (κ1) is 10.9. The second-order valence-electron chi connectivity index (χ2n) is 2.67. The number of aromatic nitrogens is 1. The zero-order valence-corrected chi connectivity index (χ0v) is 8.30. The highest BCUT2D eigenvalue weighted by molar-refractivity contribution is 5.97. The molecule has 0 bridgehead atoms. The van der Waals surface area contributed by atoms with E-state index in [0.717, 1.165) is 5.56 Å². The number of carbonyl (C=O) groups is 1. The van der Waals surface area contributed by atoms with Crippen molar-refractivity contribution in [3.63, 3.8) is 0 Å². The summed E-state index contributed by atoms with van der Waals surface area (Å²) in [5.74, 6) is -0.600. The van der Waals surface area contributed by atoms with Gasteiger partial charge in [0.1, 0.15) is 11.6 Å². The van der Waals surface area contributed by atoms with Crippen LogP contribution in [0.25, 0.3) is 6.08 Å². The molecule has 0 fully saturated rings. The van der Waals surface area contributed by atoms with E-state index in [0.29, 0.717) is 0 Å². The standard InChI is InChI=1S/C11H10N2O2/c1-2-15-11(14)10(8-12)7-9-3-5-13-6-4-9/h3-7H,2H2,1H3. The fourth-order valence-corrected chi connectivity index (χ4v) is 0.972. The largest absolute Gasteiger partial charge is 0.462 e. The number of nitrogens with zero attached hydrogens (tertiary/aromatic N) is 2. The number of esters is 1. The summed E-state index contributed by atoms with van der Waals surface area (Å²) >= 11 is 0. The SMILES string of the molecule is CCOC(=O)C(C#N)=Cc1ccncc1. The van der Waals surface area contributed by atoms with E-state index >= 15 is 0 Å². The predicted octanol–water partition coefficient (Wildman–Crippen LogP) is 1.55. The first-order valence-electron chi connectivity index (χ1n) is 4.47. The molecule has 0 aliphatic heterocycles. The molecule has 0 radical (unpaired) electrons. The van der Waals surface area contributed by atoms with Gasteiger partial charge < -0.3 is 4.74 Å². The van der Waals surface area contributed by atoms with Crippen LogP contribution in [0.2, 0.25) is 0 Å². The third-order valence-corrected chi connectivity index (χ3v) is 1.63. The number of ether oxygens (including phenoxy) is 1. The first-order valence-corrected chi connectivity index (χ1v) is 4.47. The van der Waals surface area contributed by atoms with Gasteiger partial charge in [-0.2, -0.15) is 5.26 Å². The minimum Gasteiger partial charge on any atom is -0.462 e.